The van der Waals surface area contributed by atoms with Gasteiger partial charge in [0.25, 0.3) is 5.56 Å². The highest BCUT2D eigenvalue weighted by Crippen LogP contribution is 2.22. The molecule has 1 heterocycles. The van der Waals surface area contributed by atoms with Crippen LogP contribution >= 0.6 is 0 Å². The van der Waals surface area contributed by atoms with Crippen molar-refractivity contribution in [3.8, 4) is 5.69 Å². The van der Waals surface area contributed by atoms with Crippen LogP contribution in [-0.4, -0.2) is 35.4 Å². The van der Waals surface area contributed by atoms with Crippen LogP contribution < -0.4 is 10.9 Å². The van der Waals surface area contributed by atoms with Gasteiger partial charge in [0.2, 0.25) is 0 Å². The van der Waals surface area contributed by atoms with Crippen molar-refractivity contribution in [3.63, 3.8) is 0 Å². The fraction of sp³-hybridized carbons (Fsp3) is 0.167. The lowest BCUT2D eigenvalue weighted by molar-refractivity contribution is 0.190. The first-order valence-corrected chi connectivity index (χ1v) is 9.90. The number of benzene rings is 2. The van der Waals surface area contributed by atoms with E-state index in [2.05, 4.69) is 10.3 Å². The first kappa shape index (κ1) is 18.6. The largest absolute Gasteiger partial charge is 0.465 e. The molecule has 0 saturated carbocycles. The molecule has 9 heteroatoms. The molecule has 0 aliphatic rings. The maximum absolute atomic E-state index is 13.3. The van der Waals surface area contributed by atoms with Crippen molar-refractivity contribution in [3.05, 3.63) is 64.7 Å². The van der Waals surface area contributed by atoms with E-state index in [-0.39, 0.29) is 21.6 Å². The highest BCUT2D eigenvalue weighted by atomic mass is 32.2. The average Bonchev–Trinajstić information content (AvgIpc) is 2.60. The van der Waals surface area contributed by atoms with Crippen LogP contribution in [0.5, 0.6) is 0 Å². The Hall–Kier alpha value is -3.20. The van der Waals surface area contributed by atoms with E-state index in [1.807, 2.05) is 0 Å². The highest BCUT2D eigenvalue weighted by molar-refractivity contribution is 7.91. The van der Waals surface area contributed by atoms with Crippen LogP contribution in [0.15, 0.2) is 58.2 Å². The Kier molecular flexibility index (Phi) is 4.71. The molecule has 0 fully saturated rings. The fourth-order valence-corrected chi connectivity index (χ4v) is 3.78. The van der Waals surface area contributed by atoms with Gasteiger partial charge in [0.1, 0.15) is 5.82 Å². The predicted molar refractivity (Wildman–Crippen MR) is 100 cm³/mol. The van der Waals surface area contributed by atoms with Crippen LogP contribution in [0.25, 0.3) is 16.6 Å². The molecule has 0 saturated heterocycles. The molecular formula is C18H17N3O5S. The van der Waals surface area contributed by atoms with E-state index in [0.717, 1.165) is 6.26 Å². The van der Waals surface area contributed by atoms with Crippen molar-refractivity contribution < 1.29 is 18.3 Å². The molecule has 1 unspecified atom stereocenters. The SMILES string of the molecule is CC(NC(=O)O)c1nc2cccc(S(C)(=O)=O)c2c(=O)n1-c1ccccc1. The number of sulfone groups is 1. The van der Waals surface area contributed by atoms with Gasteiger partial charge in [-0.15, -0.1) is 0 Å². The Labute approximate surface area is 155 Å². The van der Waals surface area contributed by atoms with Crippen molar-refractivity contribution in [1.82, 2.24) is 14.9 Å². The number of carboxylic acid groups (broad SMARTS) is 1. The zero-order valence-corrected chi connectivity index (χ0v) is 15.4. The summed E-state index contributed by atoms with van der Waals surface area (Å²) in [4.78, 5) is 28.6. The predicted octanol–water partition coefficient (Wildman–Crippen LogP) is 2.12. The molecule has 1 amide bonds. The molecule has 0 spiro atoms. The number of fused-ring (bicyclic) bond motifs is 1. The van der Waals surface area contributed by atoms with E-state index in [9.17, 15) is 18.0 Å². The first-order valence-electron chi connectivity index (χ1n) is 8.00. The van der Waals surface area contributed by atoms with Gasteiger partial charge in [-0.1, -0.05) is 24.3 Å². The van der Waals surface area contributed by atoms with Gasteiger partial charge in [0.15, 0.2) is 9.84 Å². The quantitative estimate of drug-likeness (QED) is 0.708. The highest BCUT2D eigenvalue weighted by Gasteiger charge is 2.23. The first-order chi connectivity index (χ1) is 12.7. The maximum atomic E-state index is 13.3. The zero-order valence-electron chi connectivity index (χ0n) is 14.6. The third-order valence-corrected chi connectivity index (χ3v) is 5.17. The number of rotatable bonds is 4. The molecule has 0 aliphatic carbocycles. The lowest BCUT2D eigenvalue weighted by Gasteiger charge is -2.19. The van der Waals surface area contributed by atoms with E-state index >= 15 is 0 Å². The number of para-hydroxylation sites is 1. The number of aromatic nitrogens is 2. The van der Waals surface area contributed by atoms with Gasteiger partial charge >= 0.3 is 6.09 Å². The summed E-state index contributed by atoms with van der Waals surface area (Å²) in [6.45, 7) is 1.56. The number of amides is 1. The van der Waals surface area contributed by atoms with E-state index in [0.29, 0.717) is 5.69 Å². The molecule has 2 N–H and O–H groups in total. The van der Waals surface area contributed by atoms with Gasteiger partial charge in [-0.25, -0.2) is 18.2 Å². The number of nitrogens with one attached hydrogen (secondary N) is 1. The third kappa shape index (κ3) is 3.54. The smallest absolute Gasteiger partial charge is 0.405 e. The maximum Gasteiger partial charge on any atom is 0.405 e. The molecular weight excluding hydrogens is 370 g/mol. The minimum absolute atomic E-state index is 0.0323. The lowest BCUT2D eigenvalue weighted by atomic mass is 10.2. The monoisotopic (exact) mass is 387 g/mol. The fourth-order valence-electron chi connectivity index (χ4n) is 2.89. The Balaban J connectivity index is 2.45. The molecule has 3 aromatic rings. The van der Waals surface area contributed by atoms with Crippen molar-refractivity contribution in [2.45, 2.75) is 17.9 Å². The Morgan fingerprint density at radius 2 is 1.81 bits per heavy atom. The van der Waals surface area contributed by atoms with Gasteiger partial charge in [-0.2, -0.15) is 0 Å². The van der Waals surface area contributed by atoms with Gasteiger partial charge in [-0.05, 0) is 31.2 Å². The van der Waals surface area contributed by atoms with Crippen LogP contribution in [0.3, 0.4) is 0 Å². The molecule has 2 aromatic carbocycles. The topological polar surface area (TPSA) is 118 Å². The minimum atomic E-state index is -3.67. The summed E-state index contributed by atoms with van der Waals surface area (Å²) in [5.41, 5.74) is 0.0552. The summed E-state index contributed by atoms with van der Waals surface area (Å²) < 4.78 is 25.5. The standard InChI is InChI=1S/C18H17N3O5S/c1-11(19-18(23)24)16-20-13-9-6-10-14(27(2,25)26)15(13)17(22)21(16)12-7-4-3-5-8-12/h3-11,19H,1-2H3,(H,23,24). The van der Waals surface area contributed by atoms with Crippen LogP contribution in [0, 0.1) is 0 Å². The summed E-state index contributed by atoms with van der Waals surface area (Å²) in [7, 11) is -3.67. The molecule has 0 radical (unpaired) electrons. The summed E-state index contributed by atoms with van der Waals surface area (Å²) >= 11 is 0. The van der Waals surface area contributed by atoms with Crippen LogP contribution in [0.2, 0.25) is 0 Å². The molecule has 3 rings (SSSR count). The second-order valence-corrected chi connectivity index (χ2v) is 8.02. The molecule has 140 valence electrons. The summed E-state index contributed by atoms with van der Waals surface area (Å²) in [5.74, 6) is 0.159. The normalized spacial score (nSPS) is 12.7. The van der Waals surface area contributed by atoms with Gasteiger partial charge in [-0.3, -0.25) is 9.36 Å². The summed E-state index contributed by atoms with van der Waals surface area (Å²) in [6, 6.07) is 12.1. The number of nitrogens with zero attached hydrogens (tertiary/aromatic N) is 2. The zero-order chi connectivity index (χ0) is 19.8. The van der Waals surface area contributed by atoms with Crippen molar-refractivity contribution >= 4 is 26.8 Å². The van der Waals surface area contributed by atoms with Crippen molar-refractivity contribution in [2.24, 2.45) is 0 Å². The van der Waals surface area contributed by atoms with E-state index in [1.165, 1.54) is 22.8 Å². The van der Waals surface area contributed by atoms with Gasteiger partial charge < -0.3 is 10.4 Å². The molecule has 27 heavy (non-hydrogen) atoms. The number of hydrogen-bond donors (Lipinski definition) is 2. The van der Waals surface area contributed by atoms with Crippen molar-refractivity contribution in [2.75, 3.05) is 6.26 Å². The van der Waals surface area contributed by atoms with Crippen molar-refractivity contribution in [1.29, 1.82) is 0 Å². The van der Waals surface area contributed by atoms with Gasteiger partial charge in [0, 0.05) is 6.26 Å². The molecule has 1 aromatic heterocycles. The lowest BCUT2D eigenvalue weighted by Crippen LogP contribution is -2.32. The Morgan fingerprint density at radius 3 is 2.41 bits per heavy atom. The summed E-state index contributed by atoms with van der Waals surface area (Å²) in [6.07, 6.45) is -0.238. The Morgan fingerprint density at radius 1 is 1.15 bits per heavy atom. The summed E-state index contributed by atoms with van der Waals surface area (Å²) in [5, 5.41) is 11.3. The minimum Gasteiger partial charge on any atom is -0.465 e. The van der Waals surface area contributed by atoms with Gasteiger partial charge in [0.05, 0.1) is 27.5 Å². The van der Waals surface area contributed by atoms with Crippen LogP contribution in [0.4, 0.5) is 4.79 Å². The Bertz CT molecular complexity index is 1190. The second-order valence-electron chi connectivity index (χ2n) is 6.04. The second kappa shape index (κ2) is 6.84. The molecule has 0 bridgehead atoms. The van der Waals surface area contributed by atoms with Crippen LogP contribution in [-0.2, 0) is 9.84 Å². The molecule has 8 nitrogen and oxygen atoms in total. The van der Waals surface area contributed by atoms with E-state index < -0.39 is 27.5 Å². The van der Waals surface area contributed by atoms with E-state index in [4.69, 9.17) is 5.11 Å². The van der Waals surface area contributed by atoms with E-state index in [1.54, 1.807) is 37.3 Å². The number of carbonyl (C=O) groups is 1. The molecule has 0 aliphatic heterocycles. The average molecular weight is 387 g/mol. The third-order valence-electron chi connectivity index (χ3n) is 4.03. The number of hydrogen-bond acceptors (Lipinski definition) is 5. The molecule has 1 atom stereocenters. The van der Waals surface area contributed by atoms with Crippen LogP contribution in [0.1, 0.15) is 18.8 Å².